The van der Waals surface area contributed by atoms with E-state index in [0.29, 0.717) is 41.8 Å². The highest BCUT2D eigenvalue weighted by Gasteiger charge is 2.23. The highest BCUT2D eigenvalue weighted by atomic mass is 35.5. The number of halogens is 1. The van der Waals surface area contributed by atoms with Gasteiger partial charge in [0.2, 0.25) is 0 Å². The molecule has 6 heteroatoms. The number of Topliss-reactive ketones (excluding diaryl/α,β-unsaturated/α-hetero) is 1. The smallest absolute Gasteiger partial charge is 0.166 e. The number of ether oxygens (including phenoxy) is 2. The molecule has 0 aromatic heterocycles. The lowest BCUT2D eigenvalue weighted by molar-refractivity contribution is 0.0448. The van der Waals surface area contributed by atoms with Crippen LogP contribution >= 0.6 is 11.6 Å². The minimum absolute atomic E-state index is 0.0413. The third-order valence-corrected chi connectivity index (χ3v) is 5.56. The Kier molecular flexibility index (Phi) is 8.55. The lowest BCUT2D eigenvalue weighted by Gasteiger charge is -2.33. The van der Waals surface area contributed by atoms with Crippen LogP contribution < -0.4 is 9.47 Å². The molecule has 1 N–H and O–H groups in total. The molecule has 30 heavy (non-hydrogen) atoms. The first kappa shape index (κ1) is 22.6. The van der Waals surface area contributed by atoms with E-state index >= 15 is 0 Å². The number of β-amino-alcohol motifs (C(OH)–C–C–N with tert-alkyl or cyclic N) is 1. The van der Waals surface area contributed by atoms with Crippen LogP contribution in [0.15, 0.2) is 48.5 Å². The molecule has 1 aliphatic heterocycles. The van der Waals surface area contributed by atoms with Crippen LogP contribution in [0.2, 0.25) is 5.02 Å². The Hall–Kier alpha value is -2.08. The van der Waals surface area contributed by atoms with Crippen molar-refractivity contribution in [3.05, 3.63) is 59.1 Å². The molecule has 3 rings (SSSR count). The first-order valence-corrected chi connectivity index (χ1v) is 11.0. The van der Waals surface area contributed by atoms with Crippen molar-refractivity contribution in [1.82, 2.24) is 4.90 Å². The zero-order chi connectivity index (χ0) is 21.3. The fourth-order valence-electron chi connectivity index (χ4n) is 3.75. The van der Waals surface area contributed by atoms with Gasteiger partial charge in [-0.1, -0.05) is 30.7 Å². The van der Waals surface area contributed by atoms with Crippen LogP contribution in [0.5, 0.6) is 11.5 Å². The molecular formula is C24H30ClNO4. The minimum Gasteiger partial charge on any atom is -0.493 e. The van der Waals surface area contributed by atoms with E-state index in [4.69, 9.17) is 21.1 Å². The monoisotopic (exact) mass is 431 g/mol. The van der Waals surface area contributed by atoms with E-state index < -0.39 is 6.10 Å². The lowest BCUT2D eigenvalue weighted by Crippen LogP contribution is -2.43. The second-order valence-electron chi connectivity index (χ2n) is 7.77. The molecule has 0 spiro atoms. The highest BCUT2D eigenvalue weighted by Crippen LogP contribution is 2.22. The third-order valence-electron chi connectivity index (χ3n) is 5.31. The summed E-state index contributed by atoms with van der Waals surface area (Å²) in [6.07, 6.45) is 2.00. The molecule has 0 saturated carbocycles. The van der Waals surface area contributed by atoms with Gasteiger partial charge in [0.1, 0.15) is 24.2 Å². The maximum absolute atomic E-state index is 12.0. The van der Waals surface area contributed by atoms with Crippen LogP contribution in [-0.2, 0) is 0 Å². The molecule has 1 heterocycles. The van der Waals surface area contributed by atoms with Crippen molar-refractivity contribution in [2.75, 3.05) is 32.8 Å². The number of para-hydroxylation sites is 1. The van der Waals surface area contributed by atoms with Gasteiger partial charge in [0.25, 0.3) is 0 Å². The fourth-order valence-corrected chi connectivity index (χ4v) is 3.87. The fraction of sp³-hybridized carbons (Fsp3) is 0.458. The van der Waals surface area contributed by atoms with Crippen molar-refractivity contribution in [3.63, 3.8) is 0 Å². The van der Waals surface area contributed by atoms with Gasteiger partial charge < -0.3 is 19.5 Å². The molecule has 1 aliphatic rings. The second kappa shape index (κ2) is 11.3. The molecule has 0 bridgehead atoms. The molecule has 2 atom stereocenters. The minimum atomic E-state index is -0.620. The van der Waals surface area contributed by atoms with Crippen LogP contribution in [0.4, 0.5) is 0 Å². The van der Waals surface area contributed by atoms with Crippen LogP contribution in [0.3, 0.4) is 0 Å². The number of likely N-dealkylation sites (tertiary alicyclic amines) is 1. The Morgan fingerprint density at radius 3 is 2.73 bits per heavy atom. The van der Waals surface area contributed by atoms with E-state index in [2.05, 4.69) is 4.90 Å². The van der Waals surface area contributed by atoms with Gasteiger partial charge in [0, 0.05) is 30.5 Å². The summed E-state index contributed by atoms with van der Waals surface area (Å²) in [5.74, 6) is 1.83. The number of nitrogens with zero attached hydrogens (tertiary/aromatic N) is 1. The average Bonchev–Trinajstić information content (AvgIpc) is 2.77. The molecule has 1 saturated heterocycles. The summed E-state index contributed by atoms with van der Waals surface area (Å²) in [5, 5.41) is 11.2. The molecule has 162 valence electrons. The van der Waals surface area contributed by atoms with Crippen molar-refractivity contribution < 1.29 is 19.4 Å². The molecule has 2 aromatic rings. The van der Waals surface area contributed by atoms with E-state index in [0.717, 1.165) is 31.7 Å². The zero-order valence-corrected chi connectivity index (χ0v) is 18.2. The standard InChI is InChI=1S/C24H30ClNO4/c1-2-23(28)22-7-3-4-8-24(22)30-17-20(27)15-26-13-5-6-18(14-26)16-29-21-11-9-19(25)10-12-21/h3-4,7-12,18,20,27H,2,5-6,13-17H2,1H3. The van der Waals surface area contributed by atoms with E-state index in [1.807, 2.05) is 43.3 Å². The number of piperidine rings is 1. The number of carbonyl (C=O) groups excluding carboxylic acids is 1. The Morgan fingerprint density at radius 1 is 1.20 bits per heavy atom. The van der Waals surface area contributed by atoms with E-state index in [9.17, 15) is 9.90 Å². The number of aliphatic hydroxyl groups is 1. The highest BCUT2D eigenvalue weighted by molar-refractivity contribution is 6.30. The van der Waals surface area contributed by atoms with Gasteiger partial charge in [-0.3, -0.25) is 4.79 Å². The number of carbonyl (C=O) groups is 1. The predicted molar refractivity (Wildman–Crippen MR) is 119 cm³/mol. The van der Waals surface area contributed by atoms with Crippen molar-refractivity contribution in [1.29, 1.82) is 0 Å². The summed E-state index contributed by atoms with van der Waals surface area (Å²) in [5.41, 5.74) is 0.574. The van der Waals surface area contributed by atoms with E-state index in [1.54, 1.807) is 12.1 Å². The number of hydrogen-bond donors (Lipinski definition) is 1. The first-order chi connectivity index (χ1) is 14.5. The number of aliphatic hydroxyl groups excluding tert-OH is 1. The van der Waals surface area contributed by atoms with Gasteiger partial charge in [0.15, 0.2) is 5.78 Å². The Morgan fingerprint density at radius 2 is 1.97 bits per heavy atom. The molecule has 0 aliphatic carbocycles. The normalized spacial score (nSPS) is 18.0. The van der Waals surface area contributed by atoms with Gasteiger partial charge in [-0.2, -0.15) is 0 Å². The van der Waals surface area contributed by atoms with Crippen molar-refractivity contribution >= 4 is 17.4 Å². The Labute approximate surface area is 183 Å². The summed E-state index contributed by atoms with van der Waals surface area (Å²) in [7, 11) is 0. The largest absolute Gasteiger partial charge is 0.493 e. The van der Waals surface area contributed by atoms with Gasteiger partial charge in [-0.15, -0.1) is 0 Å². The molecule has 1 fully saturated rings. The van der Waals surface area contributed by atoms with Crippen molar-refractivity contribution in [2.24, 2.45) is 5.92 Å². The number of hydrogen-bond acceptors (Lipinski definition) is 5. The Bertz CT molecular complexity index is 811. The summed E-state index contributed by atoms with van der Waals surface area (Å²) in [6, 6.07) is 14.6. The third kappa shape index (κ3) is 6.73. The summed E-state index contributed by atoms with van der Waals surface area (Å²) < 4.78 is 11.7. The molecule has 2 aromatic carbocycles. The van der Waals surface area contributed by atoms with Gasteiger partial charge in [-0.25, -0.2) is 0 Å². The SMILES string of the molecule is CCC(=O)c1ccccc1OCC(O)CN1CCCC(COc2ccc(Cl)cc2)C1. The molecular weight excluding hydrogens is 402 g/mol. The maximum Gasteiger partial charge on any atom is 0.166 e. The van der Waals surface area contributed by atoms with E-state index in [-0.39, 0.29) is 12.4 Å². The molecule has 0 radical (unpaired) electrons. The van der Waals surface area contributed by atoms with E-state index in [1.165, 1.54) is 0 Å². The molecule has 5 nitrogen and oxygen atoms in total. The van der Waals surface area contributed by atoms with Gasteiger partial charge >= 0.3 is 0 Å². The van der Waals surface area contributed by atoms with Gasteiger partial charge in [-0.05, 0) is 55.8 Å². The number of rotatable bonds is 10. The molecule has 2 unspecified atom stereocenters. The van der Waals surface area contributed by atoms with Crippen LogP contribution in [-0.4, -0.2) is 54.7 Å². The Balaban J connectivity index is 1.44. The van der Waals surface area contributed by atoms with Crippen LogP contribution in [0.1, 0.15) is 36.5 Å². The summed E-state index contributed by atoms with van der Waals surface area (Å²) >= 11 is 5.91. The predicted octanol–water partition coefficient (Wildman–Crippen LogP) is 4.46. The second-order valence-corrected chi connectivity index (χ2v) is 8.21. The average molecular weight is 432 g/mol. The quantitative estimate of drug-likeness (QED) is 0.562. The van der Waals surface area contributed by atoms with Gasteiger partial charge in [0.05, 0.1) is 12.2 Å². The summed E-state index contributed by atoms with van der Waals surface area (Å²) in [6.45, 7) is 5.03. The topological polar surface area (TPSA) is 59.0 Å². The molecule has 0 amide bonds. The van der Waals surface area contributed by atoms with Crippen molar-refractivity contribution in [2.45, 2.75) is 32.3 Å². The van der Waals surface area contributed by atoms with Crippen LogP contribution in [0.25, 0.3) is 0 Å². The van der Waals surface area contributed by atoms with Crippen molar-refractivity contribution in [3.8, 4) is 11.5 Å². The van der Waals surface area contributed by atoms with Crippen LogP contribution in [0, 0.1) is 5.92 Å². The first-order valence-electron chi connectivity index (χ1n) is 10.6. The zero-order valence-electron chi connectivity index (χ0n) is 17.4. The summed E-state index contributed by atoms with van der Waals surface area (Å²) in [4.78, 5) is 14.3. The lowest BCUT2D eigenvalue weighted by atomic mass is 9.98. The number of ketones is 1. The maximum atomic E-state index is 12.0. The number of benzene rings is 2.